The molecule has 0 spiro atoms. The molecule has 0 unspecified atom stereocenters. The third kappa shape index (κ3) is 4.14. The zero-order valence-corrected chi connectivity index (χ0v) is 11.9. The lowest BCUT2D eigenvalue weighted by atomic mass is 10.1. The number of halogens is 1. The summed E-state index contributed by atoms with van der Waals surface area (Å²) in [6.07, 6.45) is 2.28. The van der Waals surface area contributed by atoms with Crippen LogP contribution in [-0.4, -0.2) is 17.1 Å². The van der Waals surface area contributed by atoms with E-state index in [-0.39, 0.29) is 5.91 Å². The zero-order valence-electron chi connectivity index (χ0n) is 10.3. The van der Waals surface area contributed by atoms with Crippen molar-refractivity contribution in [3.63, 3.8) is 0 Å². The Balaban J connectivity index is 2.70. The van der Waals surface area contributed by atoms with Gasteiger partial charge in [-0.05, 0) is 37.5 Å². The number of rotatable bonds is 6. The van der Waals surface area contributed by atoms with Gasteiger partial charge in [0.25, 0.3) is 0 Å². The van der Waals surface area contributed by atoms with E-state index in [0.717, 1.165) is 18.2 Å². The first-order valence-corrected chi connectivity index (χ1v) is 6.93. The van der Waals surface area contributed by atoms with Crippen LogP contribution < -0.4 is 11.1 Å². The van der Waals surface area contributed by atoms with E-state index in [1.54, 1.807) is 25.1 Å². The van der Waals surface area contributed by atoms with Gasteiger partial charge in [-0.1, -0.05) is 22.0 Å². The topological polar surface area (TPSA) is 72.2 Å². The summed E-state index contributed by atoms with van der Waals surface area (Å²) < 4.78 is 0. The third-order valence-electron chi connectivity index (χ3n) is 2.66. The molecule has 0 aliphatic heterocycles. The summed E-state index contributed by atoms with van der Waals surface area (Å²) in [6.45, 7) is 1.77. The van der Waals surface area contributed by atoms with Crippen molar-refractivity contribution < 1.29 is 9.59 Å². The predicted octanol–water partition coefficient (Wildman–Crippen LogP) is 2.60. The smallest absolute Gasteiger partial charge is 0.249 e. The molecule has 3 N–H and O–H groups in total. The highest BCUT2D eigenvalue weighted by atomic mass is 79.9. The van der Waals surface area contributed by atoms with Crippen LogP contribution in [0.2, 0.25) is 0 Å². The first-order chi connectivity index (χ1) is 8.56. The van der Waals surface area contributed by atoms with E-state index in [0.29, 0.717) is 23.2 Å². The fourth-order valence-electron chi connectivity index (χ4n) is 1.63. The number of carbonyl (C=O) groups is 2. The standard InChI is InChI=1S/C13H17BrN2O2/c1-9-10(13(15)18)5-4-6-11(9)16-12(17)7-2-3-8-14/h4-6H,2-3,7-8H2,1H3,(H2,15,18)(H,16,17). The Morgan fingerprint density at radius 1 is 1.33 bits per heavy atom. The summed E-state index contributed by atoms with van der Waals surface area (Å²) in [5, 5.41) is 3.70. The molecule has 1 aromatic carbocycles. The van der Waals surface area contributed by atoms with Gasteiger partial charge < -0.3 is 11.1 Å². The minimum Gasteiger partial charge on any atom is -0.366 e. The summed E-state index contributed by atoms with van der Waals surface area (Å²) in [4.78, 5) is 22.9. The number of nitrogens with one attached hydrogen (secondary N) is 1. The van der Waals surface area contributed by atoms with Crippen LogP contribution in [0.4, 0.5) is 5.69 Å². The van der Waals surface area contributed by atoms with Crippen molar-refractivity contribution in [3.8, 4) is 0 Å². The van der Waals surface area contributed by atoms with Gasteiger partial charge in [0.1, 0.15) is 0 Å². The normalized spacial score (nSPS) is 10.1. The van der Waals surface area contributed by atoms with Crippen LogP contribution in [0.3, 0.4) is 0 Å². The van der Waals surface area contributed by atoms with Gasteiger partial charge in [-0.25, -0.2) is 0 Å². The van der Waals surface area contributed by atoms with Gasteiger partial charge in [-0.2, -0.15) is 0 Å². The molecule has 0 saturated heterocycles. The molecule has 18 heavy (non-hydrogen) atoms. The molecule has 0 saturated carbocycles. The molecule has 0 bridgehead atoms. The highest BCUT2D eigenvalue weighted by Crippen LogP contribution is 2.19. The van der Waals surface area contributed by atoms with Crippen molar-refractivity contribution in [2.24, 2.45) is 5.73 Å². The Kier molecular flexibility index (Phi) is 5.85. The van der Waals surface area contributed by atoms with Gasteiger partial charge in [0.15, 0.2) is 0 Å². The van der Waals surface area contributed by atoms with Crippen LogP contribution in [0.15, 0.2) is 18.2 Å². The van der Waals surface area contributed by atoms with E-state index in [9.17, 15) is 9.59 Å². The highest BCUT2D eigenvalue weighted by Gasteiger charge is 2.10. The summed E-state index contributed by atoms with van der Waals surface area (Å²) in [6, 6.07) is 5.13. The van der Waals surface area contributed by atoms with Crippen molar-refractivity contribution in [1.29, 1.82) is 0 Å². The Hall–Kier alpha value is -1.36. The third-order valence-corrected chi connectivity index (χ3v) is 3.22. The van der Waals surface area contributed by atoms with E-state index in [4.69, 9.17) is 5.73 Å². The molecule has 0 heterocycles. The number of anilines is 1. The van der Waals surface area contributed by atoms with Crippen LogP contribution >= 0.6 is 15.9 Å². The van der Waals surface area contributed by atoms with Crippen LogP contribution in [0, 0.1) is 6.92 Å². The second kappa shape index (κ2) is 7.16. The maximum atomic E-state index is 11.7. The number of primary amides is 1. The van der Waals surface area contributed by atoms with E-state index in [1.165, 1.54) is 0 Å². The number of alkyl halides is 1. The van der Waals surface area contributed by atoms with Crippen molar-refractivity contribution in [1.82, 2.24) is 0 Å². The van der Waals surface area contributed by atoms with E-state index < -0.39 is 5.91 Å². The van der Waals surface area contributed by atoms with E-state index >= 15 is 0 Å². The van der Waals surface area contributed by atoms with Crippen LogP contribution in [0.25, 0.3) is 0 Å². The molecule has 0 aliphatic rings. The monoisotopic (exact) mass is 312 g/mol. The molecule has 98 valence electrons. The fraction of sp³-hybridized carbons (Fsp3) is 0.385. The number of amides is 2. The lowest BCUT2D eigenvalue weighted by molar-refractivity contribution is -0.116. The minimum absolute atomic E-state index is 0.0410. The van der Waals surface area contributed by atoms with Crippen molar-refractivity contribution >= 4 is 33.4 Å². The Morgan fingerprint density at radius 3 is 2.67 bits per heavy atom. The van der Waals surface area contributed by atoms with Crippen LogP contribution in [0.5, 0.6) is 0 Å². The molecular weight excluding hydrogens is 296 g/mol. The second-order valence-corrected chi connectivity index (χ2v) is 4.83. The zero-order chi connectivity index (χ0) is 13.5. The predicted molar refractivity (Wildman–Crippen MR) is 76.0 cm³/mol. The average Bonchev–Trinajstić information content (AvgIpc) is 2.32. The maximum Gasteiger partial charge on any atom is 0.249 e. The number of hydrogen-bond donors (Lipinski definition) is 2. The largest absolute Gasteiger partial charge is 0.366 e. The van der Waals surface area contributed by atoms with E-state index in [2.05, 4.69) is 21.2 Å². The van der Waals surface area contributed by atoms with Crippen molar-refractivity contribution in [2.45, 2.75) is 26.2 Å². The van der Waals surface area contributed by atoms with Gasteiger partial charge in [-0.15, -0.1) is 0 Å². The summed E-state index contributed by atoms with van der Waals surface area (Å²) in [5.41, 5.74) is 7.05. The average molecular weight is 313 g/mol. The molecule has 5 heteroatoms. The molecular formula is C13H17BrN2O2. The van der Waals surface area contributed by atoms with Gasteiger partial charge in [0.2, 0.25) is 11.8 Å². The summed E-state index contributed by atoms with van der Waals surface area (Å²) in [7, 11) is 0. The first-order valence-electron chi connectivity index (χ1n) is 5.81. The molecule has 0 aromatic heterocycles. The maximum absolute atomic E-state index is 11.7. The van der Waals surface area contributed by atoms with Gasteiger partial charge in [-0.3, -0.25) is 9.59 Å². The molecule has 1 aromatic rings. The van der Waals surface area contributed by atoms with Crippen LogP contribution in [0.1, 0.15) is 35.2 Å². The Morgan fingerprint density at radius 2 is 2.06 bits per heavy atom. The van der Waals surface area contributed by atoms with Gasteiger partial charge in [0.05, 0.1) is 0 Å². The van der Waals surface area contributed by atoms with Gasteiger partial charge in [0, 0.05) is 23.0 Å². The number of nitrogens with two attached hydrogens (primary N) is 1. The first kappa shape index (κ1) is 14.7. The SMILES string of the molecule is Cc1c(NC(=O)CCCCBr)cccc1C(N)=O. The number of unbranched alkanes of at least 4 members (excludes halogenated alkanes) is 1. The van der Waals surface area contributed by atoms with Crippen LogP contribution in [-0.2, 0) is 4.79 Å². The molecule has 0 fully saturated rings. The number of carbonyl (C=O) groups excluding carboxylic acids is 2. The van der Waals surface area contributed by atoms with Crippen molar-refractivity contribution in [3.05, 3.63) is 29.3 Å². The summed E-state index contributed by atoms with van der Waals surface area (Å²) >= 11 is 3.32. The quantitative estimate of drug-likeness (QED) is 0.626. The number of benzene rings is 1. The molecule has 2 amide bonds. The fourth-order valence-corrected chi connectivity index (χ4v) is 2.03. The molecule has 1 rings (SSSR count). The molecule has 0 radical (unpaired) electrons. The molecule has 0 atom stereocenters. The Bertz CT molecular complexity index is 447. The second-order valence-electron chi connectivity index (χ2n) is 4.04. The molecule has 0 aliphatic carbocycles. The summed E-state index contributed by atoms with van der Waals surface area (Å²) in [5.74, 6) is -0.524. The highest BCUT2D eigenvalue weighted by molar-refractivity contribution is 9.09. The Labute approximate surface area is 115 Å². The van der Waals surface area contributed by atoms with E-state index in [1.807, 2.05) is 0 Å². The number of hydrogen-bond acceptors (Lipinski definition) is 2. The minimum atomic E-state index is -0.483. The lowest BCUT2D eigenvalue weighted by Crippen LogP contribution is -2.16. The molecule has 4 nitrogen and oxygen atoms in total. The van der Waals surface area contributed by atoms with Gasteiger partial charge >= 0.3 is 0 Å². The van der Waals surface area contributed by atoms with Crippen molar-refractivity contribution in [2.75, 3.05) is 10.6 Å². The lowest BCUT2D eigenvalue weighted by Gasteiger charge is -2.10.